The monoisotopic (exact) mass is 190 g/mol. The van der Waals surface area contributed by atoms with Gasteiger partial charge in [0.1, 0.15) is 0 Å². The topological polar surface area (TPSA) is 0 Å². The van der Waals surface area contributed by atoms with E-state index in [9.17, 15) is 0 Å². The van der Waals surface area contributed by atoms with Gasteiger partial charge in [-0.15, -0.1) is 23.2 Å². The van der Waals surface area contributed by atoms with Gasteiger partial charge in [0, 0.05) is 0 Å². The summed E-state index contributed by atoms with van der Waals surface area (Å²) in [5.74, 6) is 0. The Morgan fingerprint density at radius 2 is 1.12 bits per heavy atom. The Balaban J connectivity index is 2.74. The zero-order valence-corrected chi connectivity index (χ0v) is 6.69. The van der Waals surface area contributed by atoms with Crippen molar-refractivity contribution in [1.82, 2.24) is 0 Å². The highest BCUT2D eigenvalue weighted by Crippen LogP contribution is 2.41. The van der Waals surface area contributed by atoms with Gasteiger partial charge in [0.25, 0.3) is 0 Å². The van der Waals surface area contributed by atoms with Crippen LogP contribution in [0.5, 0.6) is 0 Å². The number of halogens is 4. The fraction of sp³-hybridized carbons (Fsp3) is 0.500. The second-order valence-corrected chi connectivity index (χ2v) is 3.25. The van der Waals surface area contributed by atoms with E-state index in [4.69, 9.17) is 46.4 Å². The molecule has 0 amide bonds. The SMILES string of the molecule is ClC1=C(Cl)[C@H](Cl)[C@@H]1Cl. The minimum absolute atomic E-state index is 0.272. The minimum atomic E-state index is -0.272. The number of hydrogen-bond donors (Lipinski definition) is 0. The summed E-state index contributed by atoms with van der Waals surface area (Å²) < 4.78 is 0. The minimum Gasteiger partial charge on any atom is -0.115 e. The predicted octanol–water partition coefficient (Wildman–Crippen LogP) is 2.90. The number of allylic oxidation sites excluding steroid dienone is 2. The van der Waals surface area contributed by atoms with Crippen molar-refractivity contribution >= 4 is 46.4 Å². The van der Waals surface area contributed by atoms with Gasteiger partial charge in [0.15, 0.2) is 0 Å². The molecule has 0 aromatic carbocycles. The van der Waals surface area contributed by atoms with Crippen molar-refractivity contribution < 1.29 is 0 Å². The number of rotatable bonds is 0. The molecule has 0 aromatic heterocycles. The van der Waals surface area contributed by atoms with Crippen molar-refractivity contribution in [2.75, 3.05) is 0 Å². The standard InChI is InChI=1S/C4H2Cl4/c5-1-2(6)4(8)3(1)7/h1-2H/t1-,2+. The molecule has 0 spiro atoms. The lowest BCUT2D eigenvalue weighted by Crippen LogP contribution is -2.27. The van der Waals surface area contributed by atoms with Gasteiger partial charge in [-0.1, -0.05) is 23.2 Å². The fourth-order valence-electron chi connectivity index (χ4n) is 0.424. The molecule has 1 aliphatic rings. The zero-order valence-electron chi connectivity index (χ0n) is 3.67. The Bertz CT molecular complexity index is 123. The van der Waals surface area contributed by atoms with Crippen LogP contribution in [0.25, 0.3) is 0 Å². The van der Waals surface area contributed by atoms with Gasteiger partial charge < -0.3 is 0 Å². The van der Waals surface area contributed by atoms with Crippen LogP contribution in [0, 0.1) is 0 Å². The Morgan fingerprint density at radius 1 is 0.875 bits per heavy atom. The second-order valence-electron chi connectivity index (χ2n) is 1.50. The summed E-state index contributed by atoms with van der Waals surface area (Å²) in [4.78, 5) is 0. The number of alkyl halides is 2. The highest BCUT2D eigenvalue weighted by atomic mass is 35.5. The Labute approximate surface area is 67.4 Å². The van der Waals surface area contributed by atoms with Crippen molar-refractivity contribution in [1.29, 1.82) is 0 Å². The van der Waals surface area contributed by atoms with Crippen molar-refractivity contribution in [3.05, 3.63) is 10.1 Å². The molecule has 0 nitrogen and oxygen atoms in total. The van der Waals surface area contributed by atoms with Crippen molar-refractivity contribution in [2.45, 2.75) is 10.8 Å². The number of hydrogen-bond acceptors (Lipinski definition) is 0. The van der Waals surface area contributed by atoms with E-state index in [0.717, 1.165) is 0 Å². The van der Waals surface area contributed by atoms with Gasteiger partial charge in [-0.05, 0) is 0 Å². The molecule has 1 aliphatic carbocycles. The maximum atomic E-state index is 5.54. The quantitative estimate of drug-likeness (QED) is 0.517. The predicted molar refractivity (Wildman–Crippen MR) is 38.0 cm³/mol. The van der Waals surface area contributed by atoms with Gasteiger partial charge in [-0.3, -0.25) is 0 Å². The second kappa shape index (κ2) is 2.26. The lowest BCUT2D eigenvalue weighted by molar-refractivity contribution is 0.931. The van der Waals surface area contributed by atoms with Crippen LogP contribution < -0.4 is 0 Å². The molecule has 4 heteroatoms. The van der Waals surface area contributed by atoms with Crippen molar-refractivity contribution in [3.8, 4) is 0 Å². The molecular weight excluding hydrogens is 190 g/mol. The zero-order chi connectivity index (χ0) is 6.31. The van der Waals surface area contributed by atoms with Crippen LogP contribution in [0.1, 0.15) is 0 Å². The van der Waals surface area contributed by atoms with Crippen LogP contribution in [-0.4, -0.2) is 10.8 Å². The normalized spacial score (nSPS) is 37.5. The van der Waals surface area contributed by atoms with Gasteiger partial charge >= 0.3 is 0 Å². The van der Waals surface area contributed by atoms with Crippen LogP contribution in [0.4, 0.5) is 0 Å². The Kier molecular flexibility index (Phi) is 1.98. The van der Waals surface area contributed by atoms with Crippen LogP contribution in [-0.2, 0) is 0 Å². The fourth-order valence-corrected chi connectivity index (χ4v) is 1.64. The Hall–Kier alpha value is 0.900. The first-order valence-corrected chi connectivity index (χ1v) is 3.60. The molecule has 0 unspecified atom stereocenters. The van der Waals surface area contributed by atoms with Crippen molar-refractivity contribution in [2.24, 2.45) is 0 Å². The van der Waals surface area contributed by atoms with E-state index in [1.807, 2.05) is 0 Å². The summed E-state index contributed by atoms with van der Waals surface area (Å²) in [7, 11) is 0. The molecule has 0 aromatic rings. The summed E-state index contributed by atoms with van der Waals surface area (Å²) in [6.45, 7) is 0. The Morgan fingerprint density at radius 3 is 1.25 bits per heavy atom. The van der Waals surface area contributed by atoms with Crippen LogP contribution in [0.3, 0.4) is 0 Å². The van der Waals surface area contributed by atoms with E-state index >= 15 is 0 Å². The first-order chi connectivity index (χ1) is 3.64. The molecule has 2 atom stereocenters. The summed E-state index contributed by atoms with van der Waals surface area (Å²) >= 11 is 22.0. The first-order valence-electron chi connectivity index (χ1n) is 1.98. The summed E-state index contributed by atoms with van der Waals surface area (Å²) in [6, 6.07) is 0. The highest BCUT2D eigenvalue weighted by molar-refractivity contribution is 6.52. The molecule has 0 saturated heterocycles. The van der Waals surface area contributed by atoms with Crippen LogP contribution in [0.2, 0.25) is 0 Å². The highest BCUT2D eigenvalue weighted by Gasteiger charge is 2.35. The van der Waals surface area contributed by atoms with Crippen LogP contribution >= 0.6 is 46.4 Å². The third kappa shape index (κ3) is 0.841. The molecular formula is C4H2Cl4. The average Bonchev–Trinajstić information content (AvgIpc) is 1.83. The molecule has 46 valence electrons. The molecule has 0 fully saturated rings. The smallest absolute Gasteiger partial charge is 0.0918 e. The maximum absolute atomic E-state index is 5.54. The van der Waals surface area contributed by atoms with Gasteiger partial charge in [-0.2, -0.15) is 0 Å². The lowest BCUT2D eigenvalue weighted by atomic mass is 10.1. The molecule has 0 heterocycles. The molecule has 0 aliphatic heterocycles. The molecule has 1 rings (SSSR count). The van der Waals surface area contributed by atoms with E-state index in [0.29, 0.717) is 10.1 Å². The molecule has 0 saturated carbocycles. The summed E-state index contributed by atoms with van der Waals surface area (Å²) in [5, 5.41) is 0.415. The van der Waals surface area contributed by atoms with E-state index in [2.05, 4.69) is 0 Å². The van der Waals surface area contributed by atoms with Gasteiger partial charge in [0.2, 0.25) is 0 Å². The molecule has 0 radical (unpaired) electrons. The summed E-state index contributed by atoms with van der Waals surface area (Å²) in [6.07, 6.45) is 0. The van der Waals surface area contributed by atoms with Gasteiger partial charge in [0.05, 0.1) is 20.8 Å². The van der Waals surface area contributed by atoms with E-state index in [1.54, 1.807) is 0 Å². The first kappa shape index (κ1) is 7.01. The maximum Gasteiger partial charge on any atom is 0.0918 e. The van der Waals surface area contributed by atoms with Gasteiger partial charge in [-0.25, -0.2) is 0 Å². The third-order valence-electron chi connectivity index (χ3n) is 0.969. The summed E-state index contributed by atoms with van der Waals surface area (Å²) in [5.41, 5.74) is 0. The largest absolute Gasteiger partial charge is 0.115 e. The molecule has 0 bridgehead atoms. The van der Waals surface area contributed by atoms with E-state index in [1.165, 1.54) is 0 Å². The van der Waals surface area contributed by atoms with E-state index < -0.39 is 0 Å². The average molecular weight is 192 g/mol. The van der Waals surface area contributed by atoms with E-state index in [-0.39, 0.29) is 10.8 Å². The molecule has 8 heavy (non-hydrogen) atoms. The lowest BCUT2D eigenvalue weighted by Gasteiger charge is -2.25. The third-order valence-corrected chi connectivity index (χ3v) is 3.24. The van der Waals surface area contributed by atoms with Crippen LogP contribution in [0.15, 0.2) is 10.1 Å². The van der Waals surface area contributed by atoms with Crippen molar-refractivity contribution in [3.63, 3.8) is 0 Å². The molecule has 0 N–H and O–H groups in total.